The molecule has 0 N–H and O–H groups in total. The number of carbonyl (C=O) groups is 1. The van der Waals surface area contributed by atoms with Crippen molar-refractivity contribution in [2.24, 2.45) is 0 Å². The van der Waals surface area contributed by atoms with Crippen molar-refractivity contribution in [1.29, 1.82) is 0 Å². The molecule has 0 aromatic heterocycles. The summed E-state index contributed by atoms with van der Waals surface area (Å²) >= 11 is 7.25. The molecule has 1 aromatic rings. The standard InChI is InChI=1S/C12H13ClOS/c1-9(7-13)8-15-12-5-3-4-11(6-12)10(2)14/h3-7H,8H2,1-2H3/b9-7+. The van der Waals surface area contributed by atoms with Gasteiger partial charge in [-0.25, -0.2) is 0 Å². The van der Waals surface area contributed by atoms with E-state index in [1.807, 2.05) is 31.2 Å². The van der Waals surface area contributed by atoms with Crippen LogP contribution in [-0.4, -0.2) is 11.5 Å². The van der Waals surface area contributed by atoms with Gasteiger partial charge in [-0.1, -0.05) is 29.3 Å². The highest BCUT2D eigenvalue weighted by atomic mass is 35.5. The lowest BCUT2D eigenvalue weighted by molar-refractivity contribution is 0.101. The predicted octanol–water partition coefficient (Wildman–Crippen LogP) is 4.12. The summed E-state index contributed by atoms with van der Waals surface area (Å²) in [6.07, 6.45) is 0. The maximum Gasteiger partial charge on any atom is 0.159 e. The van der Waals surface area contributed by atoms with Gasteiger partial charge < -0.3 is 0 Å². The topological polar surface area (TPSA) is 17.1 Å². The van der Waals surface area contributed by atoms with Gasteiger partial charge in [0.1, 0.15) is 0 Å². The lowest BCUT2D eigenvalue weighted by Gasteiger charge is -2.02. The van der Waals surface area contributed by atoms with Gasteiger partial charge in [0.2, 0.25) is 0 Å². The number of thioether (sulfide) groups is 1. The van der Waals surface area contributed by atoms with E-state index in [9.17, 15) is 4.79 Å². The van der Waals surface area contributed by atoms with E-state index in [1.54, 1.807) is 24.2 Å². The third-order valence-electron chi connectivity index (χ3n) is 1.89. The minimum atomic E-state index is 0.0991. The molecular formula is C12H13ClOS. The first-order valence-corrected chi connectivity index (χ1v) is 6.05. The number of carbonyl (C=O) groups excluding carboxylic acids is 1. The maximum absolute atomic E-state index is 11.2. The molecule has 3 heteroatoms. The summed E-state index contributed by atoms with van der Waals surface area (Å²) in [5.74, 6) is 0.951. The van der Waals surface area contributed by atoms with E-state index >= 15 is 0 Å². The number of halogens is 1. The Morgan fingerprint density at radius 3 is 2.80 bits per heavy atom. The average molecular weight is 241 g/mol. The lowest BCUT2D eigenvalue weighted by Crippen LogP contribution is -1.91. The van der Waals surface area contributed by atoms with E-state index < -0.39 is 0 Å². The molecule has 0 aliphatic rings. The van der Waals surface area contributed by atoms with Gasteiger partial charge >= 0.3 is 0 Å². The number of Topliss-reactive ketones (excluding diaryl/α,β-unsaturated/α-hetero) is 1. The van der Waals surface area contributed by atoms with E-state index in [1.165, 1.54) is 0 Å². The van der Waals surface area contributed by atoms with Crippen LogP contribution in [0.3, 0.4) is 0 Å². The Kier molecular flexibility index (Phi) is 4.92. The minimum absolute atomic E-state index is 0.0991. The Bertz CT molecular complexity index is 385. The largest absolute Gasteiger partial charge is 0.295 e. The van der Waals surface area contributed by atoms with Crippen LogP contribution in [0.25, 0.3) is 0 Å². The van der Waals surface area contributed by atoms with Crippen LogP contribution in [0.1, 0.15) is 24.2 Å². The molecule has 15 heavy (non-hydrogen) atoms. The van der Waals surface area contributed by atoms with E-state index in [2.05, 4.69) is 0 Å². The molecule has 0 radical (unpaired) electrons. The highest BCUT2D eigenvalue weighted by Crippen LogP contribution is 2.21. The van der Waals surface area contributed by atoms with Gasteiger partial charge in [-0.2, -0.15) is 0 Å². The van der Waals surface area contributed by atoms with Gasteiger partial charge in [-0.15, -0.1) is 11.8 Å². The molecule has 0 fully saturated rings. The maximum atomic E-state index is 11.2. The van der Waals surface area contributed by atoms with E-state index in [4.69, 9.17) is 11.6 Å². The van der Waals surface area contributed by atoms with Crippen molar-refractivity contribution < 1.29 is 4.79 Å². The molecule has 0 saturated heterocycles. The molecule has 0 heterocycles. The zero-order valence-electron chi connectivity index (χ0n) is 8.79. The molecule has 1 aromatic carbocycles. The Morgan fingerprint density at radius 2 is 2.20 bits per heavy atom. The Hall–Kier alpha value is -0.730. The van der Waals surface area contributed by atoms with Crippen LogP contribution in [0.5, 0.6) is 0 Å². The number of ketones is 1. The summed E-state index contributed by atoms with van der Waals surface area (Å²) in [7, 11) is 0. The molecule has 0 unspecified atom stereocenters. The van der Waals surface area contributed by atoms with Gasteiger partial charge in [-0.05, 0) is 26.0 Å². The first-order valence-electron chi connectivity index (χ1n) is 4.63. The molecular weight excluding hydrogens is 228 g/mol. The number of hydrogen-bond donors (Lipinski definition) is 0. The zero-order chi connectivity index (χ0) is 11.3. The second-order valence-electron chi connectivity index (χ2n) is 3.33. The second kappa shape index (κ2) is 5.99. The molecule has 0 aliphatic carbocycles. The lowest BCUT2D eigenvalue weighted by atomic mass is 10.2. The van der Waals surface area contributed by atoms with E-state index in [-0.39, 0.29) is 5.78 Å². The summed E-state index contributed by atoms with van der Waals surface area (Å²) < 4.78 is 0. The third kappa shape index (κ3) is 4.10. The van der Waals surface area contributed by atoms with Crippen molar-refractivity contribution in [1.82, 2.24) is 0 Å². The number of benzene rings is 1. The molecule has 0 atom stereocenters. The Labute approximate surface area is 99.5 Å². The Balaban J connectivity index is 2.70. The highest BCUT2D eigenvalue weighted by Gasteiger charge is 2.00. The van der Waals surface area contributed by atoms with Gasteiger partial charge in [0, 0.05) is 21.7 Å². The normalized spacial score (nSPS) is 11.5. The fraction of sp³-hybridized carbons (Fsp3) is 0.250. The molecule has 80 valence electrons. The molecule has 0 aliphatic heterocycles. The first kappa shape index (κ1) is 12.3. The highest BCUT2D eigenvalue weighted by molar-refractivity contribution is 7.99. The fourth-order valence-electron chi connectivity index (χ4n) is 1.03. The van der Waals surface area contributed by atoms with Crippen LogP contribution in [-0.2, 0) is 0 Å². The van der Waals surface area contributed by atoms with Crippen molar-refractivity contribution in [3.63, 3.8) is 0 Å². The van der Waals surface area contributed by atoms with Gasteiger partial charge in [-0.3, -0.25) is 4.79 Å². The van der Waals surface area contributed by atoms with Crippen molar-refractivity contribution in [3.05, 3.63) is 40.9 Å². The summed E-state index contributed by atoms with van der Waals surface area (Å²) in [6, 6.07) is 7.64. The Morgan fingerprint density at radius 1 is 1.47 bits per heavy atom. The average Bonchev–Trinajstić information content (AvgIpc) is 2.26. The molecule has 1 rings (SSSR count). The smallest absolute Gasteiger partial charge is 0.159 e. The SMILES string of the molecule is CC(=O)c1cccc(SC/C(C)=C/Cl)c1. The van der Waals surface area contributed by atoms with Crippen LogP contribution in [0.15, 0.2) is 40.3 Å². The van der Waals surface area contributed by atoms with Crippen LogP contribution < -0.4 is 0 Å². The predicted molar refractivity (Wildman–Crippen MR) is 66.8 cm³/mol. The summed E-state index contributed by atoms with van der Waals surface area (Å²) in [5, 5.41) is 0. The van der Waals surface area contributed by atoms with Gasteiger partial charge in [0.25, 0.3) is 0 Å². The van der Waals surface area contributed by atoms with Gasteiger partial charge in [0.05, 0.1) is 0 Å². The quantitative estimate of drug-likeness (QED) is 0.582. The van der Waals surface area contributed by atoms with E-state index in [0.717, 1.165) is 21.8 Å². The van der Waals surface area contributed by atoms with Crippen LogP contribution >= 0.6 is 23.4 Å². The first-order chi connectivity index (χ1) is 7.13. The van der Waals surface area contributed by atoms with Crippen LogP contribution in [0.2, 0.25) is 0 Å². The van der Waals surface area contributed by atoms with Crippen molar-refractivity contribution in [2.45, 2.75) is 18.7 Å². The van der Waals surface area contributed by atoms with Crippen molar-refractivity contribution in [3.8, 4) is 0 Å². The number of rotatable bonds is 4. The van der Waals surface area contributed by atoms with E-state index in [0.29, 0.717) is 0 Å². The summed E-state index contributed by atoms with van der Waals surface area (Å²) in [6.45, 7) is 3.56. The summed E-state index contributed by atoms with van der Waals surface area (Å²) in [5.41, 5.74) is 3.46. The molecule has 0 spiro atoms. The monoisotopic (exact) mass is 240 g/mol. The number of hydrogen-bond acceptors (Lipinski definition) is 2. The van der Waals surface area contributed by atoms with Gasteiger partial charge in [0.15, 0.2) is 5.78 Å². The molecule has 0 amide bonds. The fourth-order valence-corrected chi connectivity index (χ4v) is 2.06. The van der Waals surface area contributed by atoms with Crippen LogP contribution in [0.4, 0.5) is 0 Å². The third-order valence-corrected chi connectivity index (χ3v) is 3.45. The molecule has 0 bridgehead atoms. The zero-order valence-corrected chi connectivity index (χ0v) is 10.4. The van der Waals surface area contributed by atoms with Crippen molar-refractivity contribution >= 4 is 29.1 Å². The minimum Gasteiger partial charge on any atom is -0.295 e. The molecule has 1 nitrogen and oxygen atoms in total. The van der Waals surface area contributed by atoms with Crippen LogP contribution in [0, 0.1) is 0 Å². The molecule has 0 saturated carbocycles. The summed E-state index contributed by atoms with van der Waals surface area (Å²) in [4.78, 5) is 12.2. The van der Waals surface area contributed by atoms with Crippen molar-refractivity contribution in [2.75, 3.05) is 5.75 Å². The second-order valence-corrected chi connectivity index (χ2v) is 4.60.